The number of amides is 2. The summed E-state index contributed by atoms with van der Waals surface area (Å²) in [7, 11) is 0. The maximum atomic E-state index is 13.2. The normalized spacial score (nSPS) is 19.4. The van der Waals surface area contributed by atoms with Crippen LogP contribution < -0.4 is 5.32 Å². The van der Waals surface area contributed by atoms with E-state index in [1.807, 2.05) is 59.5 Å². The van der Waals surface area contributed by atoms with Gasteiger partial charge in [0, 0.05) is 18.7 Å². The van der Waals surface area contributed by atoms with Crippen molar-refractivity contribution in [2.75, 3.05) is 19.6 Å². The Hall–Kier alpha value is -3.68. The fourth-order valence-electron chi connectivity index (χ4n) is 4.33. The van der Waals surface area contributed by atoms with Crippen molar-refractivity contribution in [2.24, 2.45) is 9.98 Å². The van der Waals surface area contributed by atoms with Crippen molar-refractivity contribution < 1.29 is 14.3 Å². The second kappa shape index (κ2) is 8.82. The number of rotatable bonds is 3. The number of fused-ring (bicyclic) bond motifs is 3. The van der Waals surface area contributed by atoms with Crippen LogP contribution in [0, 0.1) is 0 Å². The Morgan fingerprint density at radius 1 is 1.03 bits per heavy atom. The van der Waals surface area contributed by atoms with Gasteiger partial charge in [0.05, 0.1) is 12.2 Å². The lowest BCUT2D eigenvalue weighted by Gasteiger charge is -2.35. The van der Waals surface area contributed by atoms with Crippen LogP contribution in [0.5, 0.6) is 0 Å². The molecule has 3 aliphatic heterocycles. The Balaban J connectivity index is 1.30. The van der Waals surface area contributed by atoms with Crippen molar-refractivity contribution in [3.63, 3.8) is 0 Å². The molecule has 2 aromatic rings. The number of nitrogens with one attached hydrogen (secondary N) is 1. The average Bonchev–Trinajstić information content (AvgIpc) is 3.34. The van der Waals surface area contributed by atoms with E-state index >= 15 is 0 Å². The lowest BCUT2D eigenvalue weighted by atomic mass is 10.0. The summed E-state index contributed by atoms with van der Waals surface area (Å²) in [6, 6.07) is 16.7. The molecule has 1 fully saturated rings. The molecule has 1 atom stereocenters. The van der Waals surface area contributed by atoms with Crippen molar-refractivity contribution in [3.8, 4) is 0 Å². The third-order valence-corrected chi connectivity index (χ3v) is 5.95. The summed E-state index contributed by atoms with van der Waals surface area (Å²) < 4.78 is 5.50. The van der Waals surface area contributed by atoms with Crippen LogP contribution in [-0.2, 0) is 16.1 Å². The highest BCUT2D eigenvalue weighted by molar-refractivity contribution is 6.18. The molecular weight excluding hydrogens is 406 g/mol. The van der Waals surface area contributed by atoms with E-state index in [9.17, 15) is 9.59 Å². The van der Waals surface area contributed by atoms with E-state index < -0.39 is 12.1 Å². The zero-order valence-corrected chi connectivity index (χ0v) is 17.7. The monoisotopic (exact) mass is 431 g/mol. The second-order valence-electron chi connectivity index (χ2n) is 8.04. The molecule has 164 valence electrons. The van der Waals surface area contributed by atoms with Crippen molar-refractivity contribution in [1.82, 2.24) is 15.1 Å². The number of guanidine groups is 1. The predicted octanol–water partition coefficient (Wildman–Crippen LogP) is 3.06. The zero-order chi connectivity index (χ0) is 21.9. The molecule has 0 radical (unpaired) electrons. The lowest BCUT2D eigenvalue weighted by Crippen LogP contribution is -2.56. The number of nitrogens with zero attached hydrogens (tertiary/aromatic N) is 4. The van der Waals surface area contributed by atoms with Gasteiger partial charge in [-0.3, -0.25) is 24.9 Å². The molecule has 8 nitrogen and oxygen atoms in total. The molecule has 3 aliphatic rings. The van der Waals surface area contributed by atoms with Crippen molar-refractivity contribution in [1.29, 1.82) is 0 Å². The molecule has 1 N–H and O–H groups in total. The van der Waals surface area contributed by atoms with Crippen LogP contribution in [0.2, 0.25) is 0 Å². The number of carbonyl (C=O) groups excluding carboxylic acids is 2. The largest absolute Gasteiger partial charge is 0.445 e. The van der Waals surface area contributed by atoms with E-state index in [1.165, 1.54) is 4.90 Å². The number of ether oxygens (including phenoxy) is 1. The van der Waals surface area contributed by atoms with Gasteiger partial charge in [0.25, 0.3) is 0 Å². The molecule has 1 saturated heterocycles. The Morgan fingerprint density at radius 2 is 1.84 bits per heavy atom. The standard InChI is InChI=1S/C24H25N5O3/c30-22(27-23-26-19-11-5-4-10-18(19)21-25-13-15-29(21)23)20-12-6-7-14-28(20)24(31)32-16-17-8-2-1-3-9-17/h1-5,8-11,20H,6-7,12-16H2,(H,26,27,30). The van der Waals surface area contributed by atoms with Crippen LogP contribution in [0.25, 0.3) is 0 Å². The first-order valence-corrected chi connectivity index (χ1v) is 11.0. The number of likely N-dealkylation sites (tertiary alicyclic amines) is 1. The first kappa shape index (κ1) is 20.2. The van der Waals surface area contributed by atoms with Gasteiger partial charge < -0.3 is 4.74 Å². The molecule has 8 heteroatoms. The van der Waals surface area contributed by atoms with E-state index in [0.29, 0.717) is 32.0 Å². The van der Waals surface area contributed by atoms with Crippen LogP contribution >= 0.6 is 0 Å². The third-order valence-electron chi connectivity index (χ3n) is 5.95. The number of aliphatic imine (C=N–C) groups is 2. The number of para-hydroxylation sites is 1. The topological polar surface area (TPSA) is 86.6 Å². The van der Waals surface area contributed by atoms with Gasteiger partial charge in [0.15, 0.2) is 0 Å². The lowest BCUT2D eigenvalue weighted by molar-refractivity contribution is -0.125. The quantitative estimate of drug-likeness (QED) is 0.809. The van der Waals surface area contributed by atoms with Gasteiger partial charge in [-0.2, -0.15) is 0 Å². The summed E-state index contributed by atoms with van der Waals surface area (Å²) in [5.74, 6) is 1.05. The van der Waals surface area contributed by atoms with Gasteiger partial charge in [0.1, 0.15) is 18.5 Å². The Labute approximate surface area is 186 Å². The maximum Gasteiger partial charge on any atom is 0.410 e. The highest BCUT2D eigenvalue weighted by Gasteiger charge is 2.36. The van der Waals surface area contributed by atoms with Crippen molar-refractivity contribution >= 4 is 29.5 Å². The van der Waals surface area contributed by atoms with Crippen LogP contribution in [0.15, 0.2) is 64.6 Å². The van der Waals surface area contributed by atoms with Gasteiger partial charge in [-0.1, -0.05) is 42.5 Å². The summed E-state index contributed by atoms with van der Waals surface area (Å²) in [6.45, 7) is 2.00. The van der Waals surface area contributed by atoms with Crippen LogP contribution in [0.1, 0.15) is 30.4 Å². The van der Waals surface area contributed by atoms with E-state index in [2.05, 4.69) is 15.3 Å². The van der Waals surface area contributed by atoms with Crippen molar-refractivity contribution in [3.05, 3.63) is 65.7 Å². The molecule has 0 aromatic heterocycles. The van der Waals surface area contributed by atoms with Gasteiger partial charge >= 0.3 is 6.09 Å². The van der Waals surface area contributed by atoms with Crippen molar-refractivity contribution in [2.45, 2.75) is 31.9 Å². The molecule has 5 rings (SSSR count). The Bertz CT molecular complexity index is 1080. The van der Waals surface area contributed by atoms with Crippen LogP contribution in [-0.4, -0.2) is 59.3 Å². The second-order valence-corrected chi connectivity index (χ2v) is 8.04. The number of hydrogen-bond acceptors (Lipinski definition) is 6. The van der Waals surface area contributed by atoms with E-state index in [-0.39, 0.29) is 12.5 Å². The molecule has 0 aliphatic carbocycles. The van der Waals surface area contributed by atoms with Gasteiger partial charge in [-0.05, 0) is 37.0 Å². The molecule has 2 aromatic carbocycles. The van der Waals surface area contributed by atoms with E-state index in [0.717, 1.165) is 35.5 Å². The molecule has 0 saturated carbocycles. The summed E-state index contributed by atoms with van der Waals surface area (Å²) in [5.41, 5.74) is 2.66. The first-order chi connectivity index (χ1) is 15.7. The first-order valence-electron chi connectivity index (χ1n) is 11.0. The van der Waals surface area contributed by atoms with Gasteiger partial charge in [-0.25, -0.2) is 9.79 Å². The number of amidine groups is 1. The number of piperidine rings is 1. The fraction of sp³-hybridized carbons (Fsp3) is 0.333. The van der Waals surface area contributed by atoms with Gasteiger partial charge in [0.2, 0.25) is 11.9 Å². The maximum absolute atomic E-state index is 13.2. The number of hydrogen-bond donors (Lipinski definition) is 1. The highest BCUT2D eigenvalue weighted by atomic mass is 16.6. The summed E-state index contributed by atoms with van der Waals surface area (Å²) in [4.78, 5) is 38.8. The molecule has 2 amide bonds. The summed E-state index contributed by atoms with van der Waals surface area (Å²) in [6.07, 6.45) is 1.86. The third kappa shape index (κ3) is 3.95. The van der Waals surface area contributed by atoms with E-state index in [4.69, 9.17) is 4.74 Å². The Kier molecular flexibility index (Phi) is 5.58. The number of carbonyl (C=O) groups is 2. The molecule has 0 spiro atoms. The minimum Gasteiger partial charge on any atom is -0.445 e. The predicted molar refractivity (Wildman–Crippen MR) is 121 cm³/mol. The average molecular weight is 431 g/mol. The van der Waals surface area contributed by atoms with Crippen LogP contribution in [0.4, 0.5) is 10.5 Å². The molecule has 3 heterocycles. The fourth-order valence-corrected chi connectivity index (χ4v) is 4.33. The molecule has 0 bridgehead atoms. The van der Waals surface area contributed by atoms with Crippen LogP contribution in [0.3, 0.4) is 0 Å². The summed E-state index contributed by atoms with van der Waals surface area (Å²) in [5, 5.41) is 2.97. The zero-order valence-electron chi connectivity index (χ0n) is 17.7. The minimum atomic E-state index is -0.588. The SMILES string of the molecule is O=C(NC1=Nc2ccccc2C2=NCCN12)C1CCCCN1C(=O)OCc1ccccc1. The molecular formula is C24H25N5O3. The minimum absolute atomic E-state index is 0.182. The van der Waals surface area contributed by atoms with E-state index in [1.54, 1.807) is 0 Å². The Morgan fingerprint density at radius 3 is 2.72 bits per heavy atom. The number of benzene rings is 2. The smallest absolute Gasteiger partial charge is 0.410 e. The van der Waals surface area contributed by atoms with Gasteiger partial charge in [-0.15, -0.1) is 0 Å². The molecule has 32 heavy (non-hydrogen) atoms. The summed E-state index contributed by atoms with van der Waals surface area (Å²) >= 11 is 0. The highest BCUT2D eigenvalue weighted by Crippen LogP contribution is 2.28. The molecule has 1 unspecified atom stereocenters.